The average Bonchev–Trinajstić information content (AvgIpc) is 2.55. The second-order valence-electron chi connectivity index (χ2n) is 5.66. The standard InChI is InChI=1S/C19H20ClNO3/c1-13-3-5-15(6-4-13)11-19(23)24-12-18(22)21-14(2)16-7-9-17(20)10-8-16/h3-10,14H,11-12H2,1-2H3,(H,21,22)/t14-/m1/s1. The molecule has 0 saturated carbocycles. The molecule has 1 atom stereocenters. The number of nitrogens with one attached hydrogen (secondary N) is 1. The first-order valence-electron chi connectivity index (χ1n) is 7.70. The van der Waals surface area contributed by atoms with Crippen LogP contribution in [0.3, 0.4) is 0 Å². The lowest BCUT2D eigenvalue weighted by Crippen LogP contribution is -2.31. The number of halogens is 1. The van der Waals surface area contributed by atoms with Crippen LogP contribution in [-0.4, -0.2) is 18.5 Å². The molecule has 4 nitrogen and oxygen atoms in total. The molecule has 1 N–H and O–H groups in total. The molecule has 0 saturated heterocycles. The van der Waals surface area contributed by atoms with E-state index in [1.165, 1.54) is 0 Å². The minimum atomic E-state index is -0.423. The highest BCUT2D eigenvalue weighted by atomic mass is 35.5. The van der Waals surface area contributed by atoms with Gasteiger partial charge in [0.05, 0.1) is 12.5 Å². The summed E-state index contributed by atoms with van der Waals surface area (Å²) in [6.07, 6.45) is 0.153. The van der Waals surface area contributed by atoms with Gasteiger partial charge in [-0.05, 0) is 37.1 Å². The van der Waals surface area contributed by atoms with Crippen molar-refractivity contribution in [1.29, 1.82) is 0 Å². The average molecular weight is 346 g/mol. The molecule has 24 heavy (non-hydrogen) atoms. The zero-order chi connectivity index (χ0) is 17.5. The number of esters is 1. The van der Waals surface area contributed by atoms with E-state index in [0.717, 1.165) is 16.7 Å². The number of carbonyl (C=O) groups is 2. The summed E-state index contributed by atoms with van der Waals surface area (Å²) in [6, 6.07) is 14.6. The third kappa shape index (κ3) is 5.70. The lowest BCUT2D eigenvalue weighted by Gasteiger charge is -2.14. The molecule has 2 aromatic rings. The topological polar surface area (TPSA) is 55.4 Å². The molecule has 0 bridgehead atoms. The lowest BCUT2D eigenvalue weighted by atomic mass is 10.1. The second kappa shape index (κ2) is 8.50. The Labute approximate surface area is 146 Å². The summed E-state index contributed by atoms with van der Waals surface area (Å²) in [7, 11) is 0. The van der Waals surface area contributed by atoms with Crippen LogP contribution in [0.4, 0.5) is 0 Å². The van der Waals surface area contributed by atoms with Crippen molar-refractivity contribution in [3.8, 4) is 0 Å². The summed E-state index contributed by atoms with van der Waals surface area (Å²) in [4.78, 5) is 23.7. The molecule has 0 fully saturated rings. The van der Waals surface area contributed by atoms with Crippen LogP contribution in [0.15, 0.2) is 48.5 Å². The molecule has 2 aromatic carbocycles. The number of benzene rings is 2. The Bertz CT molecular complexity index is 696. The Balaban J connectivity index is 1.76. The van der Waals surface area contributed by atoms with Crippen molar-refractivity contribution in [3.63, 3.8) is 0 Å². The van der Waals surface area contributed by atoms with Gasteiger partial charge in [-0.25, -0.2) is 0 Å². The van der Waals surface area contributed by atoms with E-state index in [2.05, 4.69) is 5.32 Å². The maximum absolute atomic E-state index is 11.9. The summed E-state index contributed by atoms with van der Waals surface area (Å²) in [5.41, 5.74) is 2.92. The van der Waals surface area contributed by atoms with Gasteiger partial charge in [0, 0.05) is 5.02 Å². The summed E-state index contributed by atoms with van der Waals surface area (Å²) in [5, 5.41) is 3.42. The third-order valence-electron chi connectivity index (χ3n) is 3.58. The van der Waals surface area contributed by atoms with Gasteiger partial charge < -0.3 is 10.1 Å². The SMILES string of the molecule is Cc1ccc(CC(=O)OCC(=O)N[C@H](C)c2ccc(Cl)cc2)cc1. The van der Waals surface area contributed by atoms with E-state index >= 15 is 0 Å². The highest BCUT2D eigenvalue weighted by Gasteiger charge is 2.12. The second-order valence-corrected chi connectivity index (χ2v) is 6.10. The van der Waals surface area contributed by atoms with Crippen LogP contribution >= 0.6 is 11.6 Å². The lowest BCUT2D eigenvalue weighted by molar-refractivity contribution is -0.148. The van der Waals surface area contributed by atoms with Gasteiger partial charge in [0.15, 0.2) is 6.61 Å². The molecule has 5 heteroatoms. The molecule has 0 aromatic heterocycles. The Morgan fingerprint density at radius 2 is 1.71 bits per heavy atom. The number of carbonyl (C=O) groups excluding carboxylic acids is 2. The van der Waals surface area contributed by atoms with Crippen LogP contribution in [0.25, 0.3) is 0 Å². The molecular weight excluding hydrogens is 326 g/mol. The normalized spacial score (nSPS) is 11.6. The van der Waals surface area contributed by atoms with Gasteiger partial charge in [0.1, 0.15) is 0 Å². The van der Waals surface area contributed by atoms with Gasteiger partial charge in [-0.3, -0.25) is 9.59 Å². The van der Waals surface area contributed by atoms with Crippen molar-refractivity contribution in [2.75, 3.05) is 6.61 Å². The summed E-state index contributed by atoms with van der Waals surface area (Å²) in [6.45, 7) is 3.55. The predicted molar refractivity (Wildman–Crippen MR) is 93.9 cm³/mol. The molecular formula is C19H20ClNO3. The molecule has 0 radical (unpaired) electrons. The number of amides is 1. The fraction of sp³-hybridized carbons (Fsp3) is 0.263. The van der Waals surface area contributed by atoms with Crippen molar-refractivity contribution in [3.05, 3.63) is 70.2 Å². The monoisotopic (exact) mass is 345 g/mol. The molecule has 0 aliphatic carbocycles. The quantitative estimate of drug-likeness (QED) is 0.814. The molecule has 1 amide bonds. The smallest absolute Gasteiger partial charge is 0.310 e. The molecule has 0 aliphatic rings. The first-order valence-corrected chi connectivity index (χ1v) is 8.08. The highest BCUT2D eigenvalue weighted by molar-refractivity contribution is 6.30. The van der Waals surface area contributed by atoms with Crippen LogP contribution in [0, 0.1) is 6.92 Å². The van der Waals surface area contributed by atoms with Gasteiger partial charge in [-0.2, -0.15) is 0 Å². The molecule has 2 rings (SSSR count). The maximum atomic E-state index is 11.9. The van der Waals surface area contributed by atoms with Crippen molar-refractivity contribution in [1.82, 2.24) is 5.32 Å². The van der Waals surface area contributed by atoms with Crippen LogP contribution < -0.4 is 5.32 Å². The Morgan fingerprint density at radius 1 is 1.08 bits per heavy atom. The zero-order valence-corrected chi connectivity index (χ0v) is 14.5. The van der Waals surface area contributed by atoms with E-state index in [4.69, 9.17) is 16.3 Å². The molecule has 0 heterocycles. The van der Waals surface area contributed by atoms with Crippen molar-refractivity contribution in [2.24, 2.45) is 0 Å². The van der Waals surface area contributed by atoms with Gasteiger partial charge in [-0.1, -0.05) is 53.6 Å². The molecule has 0 aliphatic heterocycles. The Hall–Kier alpha value is -2.33. The number of aryl methyl sites for hydroxylation is 1. The van der Waals surface area contributed by atoms with E-state index in [1.54, 1.807) is 12.1 Å². The van der Waals surface area contributed by atoms with E-state index in [9.17, 15) is 9.59 Å². The van der Waals surface area contributed by atoms with Crippen molar-refractivity contribution >= 4 is 23.5 Å². The fourth-order valence-electron chi connectivity index (χ4n) is 2.19. The maximum Gasteiger partial charge on any atom is 0.310 e. The van der Waals surface area contributed by atoms with E-state index in [-0.39, 0.29) is 25.0 Å². The van der Waals surface area contributed by atoms with Crippen molar-refractivity contribution < 1.29 is 14.3 Å². The van der Waals surface area contributed by atoms with Crippen LogP contribution in [0.2, 0.25) is 5.02 Å². The molecule has 126 valence electrons. The van der Waals surface area contributed by atoms with Gasteiger partial charge >= 0.3 is 5.97 Å². The van der Waals surface area contributed by atoms with Gasteiger partial charge in [-0.15, -0.1) is 0 Å². The van der Waals surface area contributed by atoms with E-state index in [0.29, 0.717) is 5.02 Å². The summed E-state index contributed by atoms with van der Waals surface area (Å²) in [5.74, 6) is -0.761. The van der Waals surface area contributed by atoms with Crippen LogP contribution in [-0.2, 0) is 20.7 Å². The number of rotatable bonds is 6. The predicted octanol–water partition coefficient (Wildman–Crippen LogP) is 3.61. The van der Waals surface area contributed by atoms with Crippen molar-refractivity contribution in [2.45, 2.75) is 26.3 Å². The minimum absolute atomic E-state index is 0.153. The zero-order valence-electron chi connectivity index (χ0n) is 13.7. The number of ether oxygens (including phenoxy) is 1. The van der Waals surface area contributed by atoms with Gasteiger partial charge in [0.2, 0.25) is 0 Å². The molecule has 0 spiro atoms. The van der Waals surface area contributed by atoms with Gasteiger partial charge in [0.25, 0.3) is 5.91 Å². The first kappa shape index (κ1) is 18.0. The minimum Gasteiger partial charge on any atom is -0.455 e. The van der Waals surface area contributed by atoms with E-state index in [1.807, 2.05) is 50.2 Å². The largest absolute Gasteiger partial charge is 0.455 e. The molecule has 0 unspecified atom stereocenters. The third-order valence-corrected chi connectivity index (χ3v) is 3.83. The van der Waals surface area contributed by atoms with Crippen LogP contribution in [0.1, 0.15) is 29.7 Å². The highest BCUT2D eigenvalue weighted by Crippen LogP contribution is 2.15. The fourth-order valence-corrected chi connectivity index (χ4v) is 2.31. The number of hydrogen-bond acceptors (Lipinski definition) is 3. The van der Waals surface area contributed by atoms with Crippen LogP contribution in [0.5, 0.6) is 0 Å². The Morgan fingerprint density at radius 3 is 2.33 bits per heavy atom. The summed E-state index contributed by atoms with van der Waals surface area (Å²) >= 11 is 5.84. The first-order chi connectivity index (χ1) is 11.4. The Kier molecular flexibility index (Phi) is 6.38. The number of hydrogen-bond donors (Lipinski definition) is 1. The van der Waals surface area contributed by atoms with E-state index < -0.39 is 5.97 Å². The summed E-state index contributed by atoms with van der Waals surface area (Å²) < 4.78 is 5.02.